The normalized spacial score (nSPS) is 36.7. The van der Waals surface area contributed by atoms with Crippen molar-refractivity contribution in [1.82, 2.24) is 0 Å². The number of rotatable bonds is 2. The van der Waals surface area contributed by atoms with E-state index >= 15 is 0 Å². The van der Waals surface area contributed by atoms with Gasteiger partial charge < -0.3 is 23.7 Å². The molecule has 2 heterocycles. The maximum Gasteiger partial charge on any atom is 0.303 e. The van der Waals surface area contributed by atoms with Crippen LogP contribution in [0.2, 0.25) is 0 Å². The van der Waals surface area contributed by atoms with E-state index in [9.17, 15) is 4.79 Å². The van der Waals surface area contributed by atoms with Crippen molar-refractivity contribution >= 4 is 12.0 Å². The van der Waals surface area contributed by atoms with E-state index in [2.05, 4.69) is 6.08 Å². The van der Waals surface area contributed by atoms with Gasteiger partial charge in [-0.25, -0.2) is 0 Å². The number of carbonyl (C=O) groups is 1. The van der Waals surface area contributed by atoms with Crippen molar-refractivity contribution in [1.29, 1.82) is 0 Å². The average molecular weight is 402 g/mol. The van der Waals surface area contributed by atoms with Crippen LogP contribution < -0.4 is 0 Å². The number of fused-ring (bicyclic) bond motifs is 3. The third-order valence-corrected chi connectivity index (χ3v) is 5.53. The van der Waals surface area contributed by atoms with Crippen LogP contribution in [0.4, 0.5) is 0 Å². The van der Waals surface area contributed by atoms with Crippen LogP contribution in [0.1, 0.15) is 53.0 Å². The van der Waals surface area contributed by atoms with E-state index in [0.717, 1.165) is 17.6 Å². The van der Waals surface area contributed by atoms with Gasteiger partial charge in [0.1, 0.15) is 18.3 Å². The molecule has 6 heteroatoms. The van der Waals surface area contributed by atoms with Gasteiger partial charge >= 0.3 is 5.97 Å². The molecule has 3 aliphatic rings. The first kappa shape index (κ1) is 20.5. The Morgan fingerprint density at radius 2 is 1.59 bits per heavy atom. The van der Waals surface area contributed by atoms with Gasteiger partial charge in [-0.3, -0.25) is 4.79 Å². The average Bonchev–Trinajstić information content (AvgIpc) is 3.11. The van der Waals surface area contributed by atoms with E-state index in [-0.39, 0.29) is 18.2 Å². The van der Waals surface area contributed by atoms with Gasteiger partial charge in [-0.2, -0.15) is 0 Å². The first-order valence-corrected chi connectivity index (χ1v) is 10.3. The smallest absolute Gasteiger partial charge is 0.303 e. The zero-order valence-corrected chi connectivity index (χ0v) is 17.7. The summed E-state index contributed by atoms with van der Waals surface area (Å²) in [6, 6.07) is 10.0. The number of esters is 1. The van der Waals surface area contributed by atoms with Crippen molar-refractivity contribution in [3.63, 3.8) is 0 Å². The highest BCUT2D eigenvalue weighted by Gasteiger charge is 2.57. The molecule has 3 fully saturated rings. The third kappa shape index (κ3) is 4.40. The van der Waals surface area contributed by atoms with Crippen LogP contribution in [-0.4, -0.2) is 48.1 Å². The molecule has 0 radical (unpaired) electrons. The van der Waals surface area contributed by atoms with Crippen molar-refractivity contribution in [3.05, 3.63) is 41.5 Å². The lowest BCUT2D eigenvalue weighted by molar-refractivity contribution is -0.176. The first-order chi connectivity index (χ1) is 13.6. The Morgan fingerprint density at radius 3 is 2.28 bits per heavy atom. The van der Waals surface area contributed by atoms with Gasteiger partial charge in [0.2, 0.25) is 0 Å². The molecule has 0 N–H and O–H groups in total. The van der Waals surface area contributed by atoms with E-state index in [4.69, 9.17) is 23.7 Å². The molecule has 6 nitrogen and oxygen atoms in total. The van der Waals surface area contributed by atoms with Gasteiger partial charge in [0.15, 0.2) is 17.7 Å². The van der Waals surface area contributed by atoms with Crippen LogP contribution >= 0.6 is 0 Å². The lowest BCUT2D eigenvalue weighted by Gasteiger charge is -2.34. The molecule has 1 aromatic carbocycles. The van der Waals surface area contributed by atoms with Gasteiger partial charge in [-0.05, 0) is 51.7 Å². The van der Waals surface area contributed by atoms with E-state index < -0.39 is 29.9 Å². The van der Waals surface area contributed by atoms with Crippen molar-refractivity contribution in [2.75, 3.05) is 0 Å². The number of benzene rings is 1. The molecule has 1 aliphatic carbocycles. The molecule has 2 aliphatic heterocycles. The second-order valence-electron chi connectivity index (χ2n) is 8.90. The van der Waals surface area contributed by atoms with E-state index in [1.165, 1.54) is 6.92 Å². The van der Waals surface area contributed by atoms with Gasteiger partial charge in [0.05, 0.1) is 6.10 Å². The lowest BCUT2D eigenvalue weighted by atomic mass is 9.86. The van der Waals surface area contributed by atoms with Crippen molar-refractivity contribution in [3.8, 4) is 0 Å². The topological polar surface area (TPSA) is 63.2 Å². The monoisotopic (exact) mass is 402 g/mol. The minimum Gasteiger partial charge on any atom is -0.455 e. The molecule has 0 unspecified atom stereocenters. The van der Waals surface area contributed by atoms with Crippen molar-refractivity contribution in [2.24, 2.45) is 0 Å². The Kier molecular flexibility index (Phi) is 5.32. The summed E-state index contributed by atoms with van der Waals surface area (Å²) in [4.78, 5) is 12.0. The molecule has 0 bridgehead atoms. The molecule has 4 rings (SSSR count). The quantitative estimate of drug-likeness (QED) is 0.701. The summed E-state index contributed by atoms with van der Waals surface area (Å²) in [7, 11) is 0. The highest BCUT2D eigenvalue weighted by Crippen LogP contribution is 2.44. The second kappa shape index (κ2) is 7.51. The Bertz CT molecular complexity index is 784. The molecule has 1 saturated carbocycles. The predicted molar refractivity (Wildman–Crippen MR) is 107 cm³/mol. The first-order valence-electron chi connectivity index (χ1n) is 10.3. The molecule has 2 saturated heterocycles. The van der Waals surface area contributed by atoms with Gasteiger partial charge in [-0.1, -0.05) is 36.4 Å². The Hall–Kier alpha value is -1.73. The van der Waals surface area contributed by atoms with Gasteiger partial charge in [-0.15, -0.1) is 0 Å². The van der Waals surface area contributed by atoms with Crippen molar-refractivity contribution in [2.45, 2.75) is 89.6 Å². The van der Waals surface area contributed by atoms with E-state index in [1.807, 2.05) is 58.0 Å². The van der Waals surface area contributed by atoms with Crippen LogP contribution in [-0.2, 0) is 28.5 Å². The zero-order valence-electron chi connectivity index (χ0n) is 17.7. The second-order valence-corrected chi connectivity index (χ2v) is 8.90. The summed E-state index contributed by atoms with van der Waals surface area (Å²) >= 11 is 0. The highest BCUT2D eigenvalue weighted by atomic mass is 16.8. The number of carbonyl (C=O) groups excluding carboxylic acids is 1. The highest BCUT2D eigenvalue weighted by molar-refractivity contribution is 5.67. The summed E-state index contributed by atoms with van der Waals surface area (Å²) in [6.07, 6.45) is 1.71. The summed E-state index contributed by atoms with van der Waals surface area (Å²) in [6.45, 7) is 9.00. The SMILES string of the molecule is CC(=O)O[C@@H]1/C(=C\c2ccccc2)CC[C@H]2OC(C)(C)O[C@H]2[C@@H]2OC(C)(C)O[C@H]21. The molecule has 0 spiro atoms. The fourth-order valence-corrected chi connectivity index (χ4v) is 4.57. The maximum absolute atomic E-state index is 12.0. The Balaban J connectivity index is 1.76. The predicted octanol–water partition coefficient (Wildman–Crippen LogP) is 3.84. The van der Waals surface area contributed by atoms with Crippen LogP contribution in [0.5, 0.6) is 0 Å². The number of hydrogen-bond donors (Lipinski definition) is 0. The molecule has 1 aromatic rings. The molecule has 0 aromatic heterocycles. The summed E-state index contributed by atoms with van der Waals surface area (Å²) in [5.41, 5.74) is 2.05. The summed E-state index contributed by atoms with van der Waals surface area (Å²) in [5.74, 6) is -1.85. The number of hydrogen-bond acceptors (Lipinski definition) is 6. The molecule has 5 atom stereocenters. The fraction of sp³-hybridized carbons (Fsp3) is 0.609. The number of ether oxygens (including phenoxy) is 5. The van der Waals surface area contributed by atoms with Gasteiger partial charge in [0.25, 0.3) is 0 Å². The maximum atomic E-state index is 12.0. The van der Waals surface area contributed by atoms with E-state index in [1.54, 1.807) is 0 Å². The van der Waals surface area contributed by atoms with Crippen molar-refractivity contribution < 1.29 is 28.5 Å². The molecule has 29 heavy (non-hydrogen) atoms. The van der Waals surface area contributed by atoms with Crippen LogP contribution in [0.25, 0.3) is 6.08 Å². The van der Waals surface area contributed by atoms with E-state index in [0.29, 0.717) is 6.42 Å². The summed E-state index contributed by atoms with van der Waals surface area (Å²) < 4.78 is 30.7. The molecule has 0 amide bonds. The van der Waals surface area contributed by atoms with Crippen LogP contribution in [0, 0.1) is 0 Å². The Labute approximate surface area is 172 Å². The lowest BCUT2D eigenvalue weighted by Crippen LogP contribution is -2.50. The van der Waals surface area contributed by atoms with Crippen LogP contribution in [0.3, 0.4) is 0 Å². The Morgan fingerprint density at radius 1 is 0.966 bits per heavy atom. The minimum absolute atomic E-state index is 0.118. The molecular weight excluding hydrogens is 372 g/mol. The standard InChI is InChI=1S/C23H30O6/c1-14(24)25-18-16(13-15-9-7-6-8-10-15)11-12-17-19(27-22(2,3)26-17)21-20(18)28-23(4,5)29-21/h6-10,13,17-21H,11-12H2,1-5H3/b16-13-/t17-,18-,19-,20+,21+/m1/s1. The molecule has 158 valence electrons. The van der Waals surface area contributed by atoms with Crippen LogP contribution in [0.15, 0.2) is 35.9 Å². The fourth-order valence-electron chi connectivity index (χ4n) is 4.57. The zero-order chi connectivity index (χ0) is 20.8. The largest absolute Gasteiger partial charge is 0.455 e. The minimum atomic E-state index is -0.809. The summed E-state index contributed by atoms with van der Waals surface area (Å²) in [5, 5.41) is 0. The van der Waals surface area contributed by atoms with Gasteiger partial charge in [0, 0.05) is 6.92 Å². The third-order valence-electron chi connectivity index (χ3n) is 5.53. The molecular formula is C23H30O6.